The number of carbonyl (C=O) groups is 2. The van der Waals surface area contributed by atoms with Gasteiger partial charge < -0.3 is 15.5 Å². The van der Waals surface area contributed by atoms with Crippen molar-refractivity contribution in [3.8, 4) is 0 Å². The summed E-state index contributed by atoms with van der Waals surface area (Å²) in [5.74, 6) is 0.395. The molecule has 8 heteroatoms. The first kappa shape index (κ1) is 22.7. The third-order valence-corrected chi connectivity index (χ3v) is 6.89. The predicted molar refractivity (Wildman–Crippen MR) is 121 cm³/mol. The van der Waals surface area contributed by atoms with Gasteiger partial charge in [-0.25, -0.2) is 8.78 Å². The number of benzene rings is 2. The fourth-order valence-electron chi connectivity index (χ4n) is 4.02. The lowest BCUT2D eigenvalue weighted by molar-refractivity contribution is -0.131. The van der Waals surface area contributed by atoms with Gasteiger partial charge in [-0.05, 0) is 61.2 Å². The van der Waals surface area contributed by atoms with Crippen LogP contribution < -0.4 is 10.6 Å². The Hall–Kier alpha value is -2.45. The second-order valence-electron chi connectivity index (χ2n) is 8.28. The quantitative estimate of drug-likeness (QED) is 0.445. The van der Waals surface area contributed by atoms with E-state index in [-0.39, 0.29) is 17.6 Å². The molecule has 2 aromatic carbocycles. The molecular formula is C24H27F2N3O2S. The molecule has 2 amide bonds. The number of carbonyl (C=O) groups excluding carboxylic acids is 2. The van der Waals surface area contributed by atoms with E-state index in [0.717, 1.165) is 24.8 Å². The van der Waals surface area contributed by atoms with Crippen LogP contribution in [-0.2, 0) is 4.79 Å². The Bertz CT molecular complexity index is 933. The number of nitrogens with zero attached hydrogens (tertiary/aromatic N) is 1. The highest BCUT2D eigenvalue weighted by Gasteiger charge is 2.37. The van der Waals surface area contributed by atoms with Crippen LogP contribution in [0.2, 0.25) is 0 Å². The molecular weight excluding hydrogens is 432 g/mol. The Morgan fingerprint density at radius 1 is 1.00 bits per heavy atom. The molecule has 1 saturated carbocycles. The molecule has 1 aliphatic carbocycles. The summed E-state index contributed by atoms with van der Waals surface area (Å²) >= 11 is 1.56. The normalized spacial score (nSPS) is 20.8. The molecule has 4 rings (SSSR count). The maximum Gasteiger partial charge on any atom is 0.251 e. The summed E-state index contributed by atoms with van der Waals surface area (Å²) in [5.41, 5.74) is 1.46. The fraction of sp³-hybridized carbons (Fsp3) is 0.417. The molecule has 2 N–H and O–H groups in total. The van der Waals surface area contributed by atoms with Gasteiger partial charge in [0.25, 0.3) is 5.91 Å². The van der Waals surface area contributed by atoms with Gasteiger partial charge in [0.05, 0.1) is 0 Å². The van der Waals surface area contributed by atoms with Crippen molar-refractivity contribution in [2.24, 2.45) is 0 Å². The Morgan fingerprint density at radius 2 is 1.62 bits per heavy atom. The van der Waals surface area contributed by atoms with E-state index in [9.17, 15) is 18.4 Å². The van der Waals surface area contributed by atoms with Crippen LogP contribution in [0.5, 0.6) is 0 Å². The van der Waals surface area contributed by atoms with Gasteiger partial charge in [-0.1, -0.05) is 12.1 Å². The molecule has 0 radical (unpaired) electrons. The van der Waals surface area contributed by atoms with Crippen LogP contribution in [0.1, 0.15) is 41.1 Å². The lowest BCUT2D eigenvalue weighted by atomic mass is 10.1. The molecule has 3 atom stereocenters. The van der Waals surface area contributed by atoms with Crippen LogP contribution in [0, 0.1) is 11.6 Å². The van der Waals surface area contributed by atoms with E-state index in [1.807, 2.05) is 12.1 Å². The number of nitrogens with one attached hydrogen (secondary N) is 2. The first-order valence-corrected chi connectivity index (χ1v) is 12.1. The molecule has 1 aliphatic heterocycles. The van der Waals surface area contributed by atoms with Crippen molar-refractivity contribution in [3.63, 3.8) is 0 Å². The van der Waals surface area contributed by atoms with E-state index in [0.29, 0.717) is 42.2 Å². The molecule has 0 aromatic heterocycles. The Labute approximate surface area is 190 Å². The molecule has 1 heterocycles. The Balaban J connectivity index is 1.28. The van der Waals surface area contributed by atoms with Crippen LogP contribution in [0.4, 0.5) is 8.78 Å². The van der Waals surface area contributed by atoms with Crippen LogP contribution in [0.15, 0.2) is 48.5 Å². The lowest BCUT2D eigenvalue weighted by Crippen LogP contribution is -2.49. The van der Waals surface area contributed by atoms with Crippen molar-refractivity contribution < 1.29 is 18.4 Å². The molecule has 3 unspecified atom stereocenters. The zero-order chi connectivity index (χ0) is 22.5. The summed E-state index contributed by atoms with van der Waals surface area (Å²) in [6, 6.07) is 11.6. The van der Waals surface area contributed by atoms with E-state index in [1.54, 1.807) is 16.7 Å². The summed E-state index contributed by atoms with van der Waals surface area (Å²) in [7, 11) is 0. The first-order valence-electron chi connectivity index (χ1n) is 10.9. The predicted octanol–water partition coefficient (Wildman–Crippen LogP) is 3.52. The maximum absolute atomic E-state index is 13.2. The number of thioether (sulfide) groups is 1. The van der Waals surface area contributed by atoms with E-state index in [2.05, 4.69) is 10.6 Å². The molecule has 1 saturated heterocycles. The molecule has 2 aliphatic rings. The van der Waals surface area contributed by atoms with Gasteiger partial charge in [-0.3, -0.25) is 9.59 Å². The zero-order valence-corrected chi connectivity index (χ0v) is 18.5. The van der Waals surface area contributed by atoms with Gasteiger partial charge in [0.1, 0.15) is 17.7 Å². The van der Waals surface area contributed by atoms with Gasteiger partial charge in [0.2, 0.25) is 5.91 Å². The first-order chi connectivity index (χ1) is 15.5. The summed E-state index contributed by atoms with van der Waals surface area (Å²) in [6.45, 7) is 1.43. The van der Waals surface area contributed by atoms with Gasteiger partial charge >= 0.3 is 0 Å². The monoisotopic (exact) mass is 459 g/mol. The minimum Gasteiger partial charge on any atom is -0.341 e. The number of halogens is 2. The van der Waals surface area contributed by atoms with Crippen LogP contribution in [-0.4, -0.2) is 53.5 Å². The van der Waals surface area contributed by atoms with E-state index in [1.165, 1.54) is 36.4 Å². The van der Waals surface area contributed by atoms with Crippen LogP contribution in [0.3, 0.4) is 0 Å². The summed E-state index contributed by atoms with van der Waals surface area (Å²) in [6.07, 6.45) is 2.96. The third kappa shape index (κ3) is 5.86. The fourth-order valence-corrected chi connectivity index (χ4v) is 4.93. The highest BCUT2D eigenvalue weighted by atomic mass is 32.2. The molecule has 0 spiro atoms. The molecule has 5 nitrogen and oxygen atoms in total. The Morgan fingerprint density at radius 3 is 2.28 bits per heavy atom. The third-order valence-electron chi connectivity index (χ3n) is 5.95. The molecule has 2 fully saturated rings. The van der Waals surface area contributed by atoms with Gasteiger partial charge in [-0.2, -0.15) is 0 Å². The van der Waals surface area contributed by atoms with Crippen LogP contribution in [0.25, 0.3) is 0 Å². The van der Waals surface area contributed by atoms with Gasteiger partial charge in [0, 0.05) is 42.2 Å². The van der Waals surface area contributed by atoms with Gasteiger partial charge in [-0.15, -0.1) is 11.8 Å². The molecule has 32 heavy (non-hydrogen) atoms. The second-order valence-corrected chi connectivity index (χ2v) is 9.32. The average molecular weight is 460 g/mol. The van der Waals surface area contributed by atoms with Crippen molar-refractivity contribution in [1.29, 1.82) is 0 Å². The standard InChI is InChI=1S/C24H27F2N3O2S/c25-18-7-3-16(4-8-18)20-13-21(20)27-15-32-14-22(24(31)29-11-1-2-12-29)28-23(30)17-5-9-19(26)10-6-17/h3-10,20-22,27H,1-2,11-15H2,(H,28,30). The minimum atomic E-state index is -0.635. The maximum atomic E-state index is 13.2. The smallest absolute Gasteiger partial charge is 0.251 e. The molecule has 0 bridgehead atoms. The van der Waals surface area contributed by atoms with E-state index in [4.69, 9.17) is 0 Å². The summed E-state index contributed by atoms with van der Waals surface area (Å²) in [4.78, 5) is 27.4. The second kappa shape index (κ2) is 10.4. The van der Waals surface area contributed by atoms with Crippen molar-refractivity contribution in [1.82, 2.24) is 15.5 Å². The number of hydrogen-bond donors (Lipinski definition) is 2. The summed E-state index contributed by atoms with van der Waals surface area (Å²) in [5, 5.41) is 6.30. The number of likely N-dealkylation sites (tertiary alicyclic amines) is 1. The highest BCUT2D eigenvalue weighted by Crippen LogP contribution is 2.40. The van der Waals surface area contributed by atoms with Crippen LogP contribution >= 0.6 is 11.8 Å². The lowest BCUT2D eigenvalue weighted by Gasteiger charge is -2.24. The highest BCUT2D eigenvalue weighted by molar-refractivity contribution is 7.99. The van der Waals surface area contributed by atoms with Crippen molar-refractivity contribution >= 4 is 23.6 Å². The largest absolute Gasteiger partial charge is 0.341 e. The summed E-state index contributed by atoms with van der Waals surface area (Å²) < 4.78 is 26.2. The number of amides is 2. The number of rotatable bonds is 9. The van der Waals surface area contributed by atoms with Gasteiger partial charge in [0.15, 0.2) is 0 Å². The number of hydrogen-bond acceptors (Lipinski definition) is 4. The molecule has 2 aromatic rings. The van der Waals surface area contributed by atoms with Crippen molar-refractivity contribution in [3.05, 3.63) is 71.3 Å². The van der Waals surface area contributed by atoms with E-state index >= 15 is 0 Å². The SMILES string of the molecule is O=C(NC(CSCNC1CC1c1ccc(F)cc1)C(=O)N1CCCC1)c1ccc(F)cc1. The topological polar surface area (TPSA) is 61.4 Å². The average Bonchev–Trinajstić information content (AvgIpc) is 3.35. The van der Waals surface area contributed by atoms with Crippen molar-refractivity contribution in [2.45, 2.75) is 37.3 Å². The minimum absolute atomic E-state index is 0.0685. The van der Waals surface area contributed by atoms with Crippen molar-refractivity contribution in [2.75, 3.05) is 24.7 Å². The Kier molecular flexibility index (Phi) is 7.42. The zero-order valence-electron chi connectivity index (χ0n) is 17.7. The molecule has 170 valence electrons. The van der Waals surface area contributed by atoms with E-state index < -0.39 is 11.9 Å².